The Bertz CT molecular complexity index is 814. The van der Waals surface area contributed by atoms with E-state index >= 15 is 0 Å². The van der Waals surface area contributed by atoms with E-state index < -0.39 is 12.0 Å². The van der Waals surface area contributed by atoms with Gasteiger partial charge in [-0.25, -0.2) is 5.10 Å². The largest absolute Gasteiger partial charge is 0.382 e. The predicted molar refractivity (Wildman–Crippen MR) is 107 cm³/mol. The van der Waals surface area contributed by atoms with Gasteiger partial charge in [-0.3, -0.25) is 4.79 Å². The van der Waals surface area contributed by atoms with Gasteiger partial charge in [-0.1, -0.05) is 55.3 Å². The van der Waals surface area contributed by atoms with Crippen molar-refractivity contribution in [1.29, 1.82) is 0 Å². The molecule has 2 atom stereocenters. The fourth-order valence-electron chi connectivity index (χ4n) is 3.64. The minimum absolute atomic E-state index is 0.0293. The minimum atomic E-state index is -3.38. The van der Waals surface area contributed by atoms with E-state index in [2.05, 4.69) is 20.6 Å². The van der Waals surface area contributed by atoms with E-state index in [1.807, 2.05) is 0 Å². The molecule has 0 aliphatic carbocycles. The summed E-state index contributed by atoms with van der Waals surface area (Å²) in [6.45, 7) is 0.586. The lowest BCUT2D eigenvalue weighted by atomic mass is 10.0. The molecule has 1 aliphatic heterocycles. The number of nitrogens with one attached hydrogen (secondary N) is 1. The molecule has 0 bridgehead atoms. The maximum atomic E-state index is 14.4. The highest BCUT2D eigenvalue weighted by molar-refractivity contribution is 5.79. The number of aromatic amines is 1. The van der Waals surface area contributed by atoms with Crippen molar-refractivity contribution in [2.45, 2.75) is 63.0 Å². The summed E-state index contributed by atoms with van der Waals surface area (Å²) < 4.78 is 28.8. The van der Waals surface area contributed by atoms with Crippen LogP contribution in [0.25, 0.3) is 0 Å². The third-order valence-corrected chi connectivity index (χ3v) is 5.37. The van der Waals surface area contributed by atoms with Crippen LogP contribution in [0, 0.1) is 0 Å². The Morgan fingerprint density at radius 2 is 2.00 bits per heavy atom. The number of rotatable bonds is 11. The van der Waals surface area contributed by atoms with Crippen molar-refractivity contribution in [2.75, 3.05) is 6.54 Å². The standard InChI is InChI=1S/C21H27F2N5O2/c22-21(23,16-8-4-3-5-9-16)18(29)13-11-17-12-14-20(30)28(17)15-7-2-1-6-10-19-24-26-27-25-19/h3-5,8-9,11,13,17-18,29H,1-2,6-7,10,12,14-15H2,(H,24,25,26,27)/t17-,18?/m0/s1. The number of nitrogens with zero attached hydrogens (tertiary/aromatic N) is 4. The first kappa shape index (κ1) is 22.0. The van der Waals surface area contributed by atoms with Crippen LogP contribution < -0.4 is 0 Å². The zero-order valence-corrected chi connectivity index (χ0v) is 16.8. The molecule has 0 saturated carbocycles. The molecule has 0 radical (unpaired) electrons. The maximum absolute atomic E-state index is 14.4. The number of carbonyl (C=O) groups is 1. The van der Waals surface area contributed by atoms with E-state index in [0.29, 0.717) is 19.4 Å². The molecule has 1 aromatic heterocycles. The average Bonchev–Trinajstić information content (AvgIpc) is 3.39. The molecule has 3 rings (SSSR count). The van der Waals surface area contributed by atoms with Crippen molar-refractivity contribution >= 4 is 5.91 Å². The number of aromatic nitrogens is 4. The number of aliphatic hydroxyl groups is 1. The molecular formula is C21H27F2N5O2. The van der Waals surface area contributed by atoms with Gasteiger partial charge in [0.05, 0.1) is 6.04 Å². The molecule has 1 fully saturated rings. The van der Waals surface area contributed by atoms with Crippen LogP contribution in [0.2, 0.25) is 0 Å². The highest BCUT2D eigenvalue weighted by Crippen LogP contribution is 2.32. The number of likely N-dealkylation sites (tertiary alicyclic amines) is 1. The van der Waals surface area contributed by atoms with Gasteiger partial charge in [0.2, 0.25) is 5.91 Å². The molecule has 162 valence electrons. The summed E-state index contributed by atoms with van der Waals surface area (Å²) in [5.41, 5.74) is -0.234. The first-order chi connectivity index (χ1) is 14.5. The van der Waals surface area contributed by atoms with Crippen molar-refractivity contribution in [1.82, 2.24) is 25.5 Å². The molecule has 9 heteroatoms. The van der Waals surface area contributed by atoms with Gasteiger partial charge in [0.25, 0.3) is 0 Å². The van der Waals surface area contributed by atoms with E-state index in [-0.39, 0.29) is 17.5 Å². The number of hydrogen-bond donors (Lipinski definition) is 2. The number of amides is 1. The van der Waals surface area contributed by atoms with Gasteiger partial charge in [0.1, 0.15) is 11.9 Å². The van der Waals surface area contributed by atoms with E-state index in [9.17, 15) is 18.7 Å². The Morgan fingerprint density at radius 1 is 1.23 bits per heavy atom. The summed E-state index contributed by atoms with van der Waals surface area (Å²) in [6, 6.07) is 7.01. The summed E-state index contributed by atoms with van der Waals surface area (Å²) in [7, 11) is 0. The third-order valence-electron chi connectivity index (χ3n) is 5.37. The van der Waals surface area contributed by atoms with Crippen LogP contribution in [0.1, 0.15) is 49.9 Å². The van der Waals surface area contributed by atoms with Crippen molar-refractivity contribution < 1.29 is 18.7 Å². The van der Waals surface area contributed by atoms with E-state index in [1.165, 1.54) is 24.3 Å². The van der Waals surface area contributed by atoms with Gasteiger partial charge in [0, 0.05) is 24.9 Å². The second-order valence-corrected chi connectivity index (χ2v) is 7.52. The monoisotopic (exact) mass is 419 g/mol. The Hall–Kier alpha value is -2.68. The van der Waals surface area contributed by atoms with Crippen LogP contribution in [-0.2, 0) is 17.1 Å². The predicted octanol–water partition coefficient (Wildman–Crippen LogP) is 3.00. The molecule has 1 aliphatic rings. The Balaban J connectivity index is 1.45. The normalized spacial score (nSPS) is 18.4. The van der Waals surface area contributed by atoms with Crippen LogP contribution in [0.4, 0.5) is 8.78 Å². The molecule has 2 heterocycles. The number of aliphatic hydroxyl groups excluding tert-OH is 1. The second-order valence-electron chi connectivity index (χ2n) is 7.52. The number of H-pyrrole nitrogens is 1. The van der Waals surface area contributed by atoms with Crippen LogP contribution >= 0.6 is 0 Å². The number of benzene rings is 1. The summed E-state index contributed by atoms with van der Waals surface area (Å²) in [4.78, 5) is 13.9. The van der Waals surface area contributed by atoms with Gasteiger partial charge in [0.15, 0.2) is 0 Å². The van der Waals surface area contributed by atoms with Gasteiger partial charge < -0.3 is 10.0 Å². The quantitative estimate of drug-likeness (QED) is 0.431. The molecule has 1 amide bonds. The smallest absolute Gasteiger partial charge is 0.302 e. The van der Waals surface area contributed by atoms with E-state index in [4.69, 9.17) is 0 Å². The average molecular weight is 419 g/mol. The van der Waals surface area contributed by atoms with Gasteiger partial charge in [-0.15, -0.1) is 5.10 Å². The van der Waals surface area contributed by atoms with Crippen LogP contribution in [0.5, 0.6) is 0 Å². The summed E-state index contributed by atoms with van der Waals surface area (Å²) >= 11 is 0. The zero-order valence-electron chi connectivity index (χ0n) is 16.8. The fourth-order valence-corrected chi connectivity index (χ4v) is 3.64. The molecule has 30 heavy (non-hydrogen) atoms. The van der Waals surface area contributed by atoms with Crippen molar-refractivity contribution in [3.8, 4) is 0 Å². The number of unbranched alkanes of at least 4 members (excludes halogenated alkanes) is 3. The first-order valence-electron chi connectivity index (χ1n) is 10.3. The molecular weight excluding hydrogens is 392 g/mol. The van der Waals surface area contributed by atoms with E-state index in [0.717, 1.165) is 44.0 Å². The lowest BCUT2D eigenvalue weighted by Crippen LogP contribution is -2.34. The lowest BCUT2D eigenvalue weighted by Gasteiger charge is -2.24. The zero-order chi connectivity index (χ0) is 21.4. The summed E-state index contributed by atoms with van der Waals surface area (Å²) in [6.07, 6.45) is 6.23. The Labute approximate surface area is 174 Å². The highest BCUT2D eigenvalue weighted by atomic mass is 19.3. The molecule has 2 aromatic rings. The number of alkyl halides is 2. The second kappa shape index (κ2) is 10.4. The first-order valence-corrected chi connectivity index (χ1v) is 10.3. The molecule has 7 nitrogen and oxygen atoms in total. The molecule has 1 unspecified atom stereocenters. The summed E-state index contributed by atoms with van der Waals surface area (Å²) in [5.74, 6) is -2.59. The van der Waals surface area contributed by atoms with Crippen LogP contribution in [-0.4, -0.2) is 55.2 Å². The van der Waals surface area contributed by atoms with Crippen LogP contribution in [0.15, 0.2) is 42.5 Å². The van der Waals surface area contributed by atoms with Gasteiger partial charge >= 0.3 is 5.92 Å². The Kier molecular flexibility index (Phi) is 7.62. The van der Waals surface area contributed by atoms with Crippen molar-refractivity contribution in [3.05, 3.63) is 53.9 Å². The molecule has 2 N–H and O–H groups in total. The minimum Gasteiger partial charge on any atom is -0.382 e. The highest BCUT2D eigenvalue weighted by Gasteiger charge is 2.39. The van der Waals surface area contributed by atoms with Crippen LogP contribution in [0.3, 0.4) is 0 Å². The molecule has 1 saturated heterocycles. The third kappa shape index (κ3) is 5.69. The lowest BCUT2D eigenvalue weighted by molar-refractivity contribution is -0.128. The number of tetrazole rings is 1. The van der Waals surface area contributed by atoms with Gasteiger partial charge in [-0.05, 0) is 29.7 Å². The fraction of sp³-hybridized carbons (Fsp3) is 0.524. The summed E-state index contributed by atoms with van der Waals surface area (Å²) in [5, 5.41) is 23.7. The number of carbonyl (C=O) groups excluding carboxylic acids is 1. The Morgan fingerprint density at radius 3 is 2.73 bits per heavy atom. The van der Waals surface area contributed by atoms with Gasteiger partial charge in [-0.2, -0.15) is 8.78 Å². The number of halogens is 2. The molecule has 0 spiro atoms. The number of hydrogen-bond acceptors (Lipinski definition) is 5. The van der Waals surface area contributed by atoms with E-state index in [1.54, 1.807) is 17.0 Å². The van der Waals surface area contributed by atoms with Crippen molar-refractivity contribution in [2.24, 2.45) is 0 Å². The van der Waals surface area contributed by atoms with Crippen molar-refractivity contribution in [3.63, 3.8) is 0 Å². The number of aryl methyl sites for hydroxylation is 1. The maximum Gasteiger partial charge on any atom is 0.302 e. The SMILES string of the molecule is O=C1CC[C@H](C=CC(O)C(F)(F)c2ccccc2)N1CCCCCCc1nnn[nH]1. The molecule has 1 aromatic carbocycles. The topological polar surface area (TPSA) is 95.0 Å².